The predicted molar refractivity (Wildman–Crippen MR) is 150 cm³/mol. The first-order valence-corrected chi connectivity index (χ1v) is 14.5. The lowest BCUT2D eigenvalue weighted by Gasteiger charge is -2.34. The summed E-state index contributed by atoms with van der Waals surface area (Å²) < 4.78 is 34.5. The van der Waals surface area contributed by atoms with Gasteiger partial charge in [-0.25, -0.2) is 13.4 Å². The molecular weight excluding hydrogens is 520 g/mol. The molecule has 2 heterocycles. The van der Waals surface area contributed by atoms with E-state index in [1.54, 1.807) is 6.21 Å². The van der Waals surface area contributed by atoms with E-state index in [4.69, 9.17) is 4.74 Å². The van der Waals surface area contributed by atoms with Gasteiger partial charge in [0.15, 0.2) is 0 Å². The Hall–Kier alpha value is -3.44. The van der Waals surface area contributed by atoms with Crippen LogP contribution in [0.25, 0.3) is 10.2 Å². The largest absolute Gasteiger partial charge is 0.373 e. The molecule has 8 nitrogen and oxygen atoms in total. The second kappa shape index (κ2) is 10.7. The minimum Gasteiger partial charge on any atom is -0.373 e. The summed E-state index contributed by atoms with van der Waals surface area (Å²) in [6, 6.07) is 21.4. The molecule has 0 bridgehead atoms. The summed E-state index contributed by atoms with van der Waals surface area (Å²) in [6.45, 7) is 6.28. The number of thiazole rings is 1. The first-order valence-electron chi connectivity index (χ1n) is 12.3. The average molecular weight is 549 g/mol. The van der Waals surface area contributed by atoms with Gasteiger partial charge in [0.2, 0.25) is 15.2 Å². The minimum atomic E-state index is -3.72. The van der Waals surface area contributed by atoms with Crippen LogP contribution in [0, 0.1) is 6.92 Å². The molecule has 5 rings (SSSR count). The molecule has 1 amide bonds. The number of morpholine rings is 1. The lowest BCUT2D eigenvalue weighted by molar-refractivity contribution is -0.0440. The van der Waals surface area contributed by atoms with Crippen LogP contribution < -0.4 is 5.01 Å². The van der Waals surface area contributed by atoms with Crippen LogP contribution in [0.5, 0.6) is 0 Å². The van der Waals surface area contributed by atoms with E-state index in [0.717, 1.165) is 21.3 Å². The van der Waals surface area contributed by atoms with Crippen molar-refractivity contribution in [2.75, 3.05) is 18.1 Å². The number of rotatable bonds is 6. The highest BCUT2D eigenvalue weighted by molar-refractivity contribution is 7.89. The maximum absolute atomic E-state index is 13.7. The molecule has 1 aromatic heterocycles. The number of fused-ring (bicyclic) bond motifs is 1. The number of anilines is 1. The Kier molecular flexibility index (Phi) is 7.40. The molecular formula is C28H28N4O4S2. The second-order valence-corrected chi connectivity index (χ2v) is 12.3. The number of hydrazone groups is 1. The third-order valence-corrected chi connectivity index (χ3v) is 8.99. The molecule has 1 fully saturated rings. The topological polar surface area (TPSA) is 92.2 Å². The van der Waals surface area contributed by atoms with Gasteiger partial charge in [0.25, 0.3) is 5.91 Å². The third kappa shape index (κ3) is 5.53. The van der Waals surface area contributed by atoms with Gasteiger partial charge in [0, 0.05) is 18.7 Å². The van der Waals surface area contributed by atoms with Crippen molar-refractivity contribution in [3.05, 3.63) is 89.5 Å². The van der Waals surface area contributed by atoms with Gasteiger partial charge in [0.1, 0.15) is 0 Å². The number of benzene rings is 3. The van der Waals surface area contributed by atoms with E-state index in [-0.39, 0.29) is 30.2 Å². The minimum absolute atomic E-state index is 0.130. The number of nitrogens with zero attached hydrogens (tertiary/aromatic N) is 4. The molecule has 1 saturated heterocycles. The number of amides is 1. The van der Waals surface area contributed by atoms with Gasteiger partial charge < -0.3 is 4.74 Å². The van der Waals surface area contributed by atoms with Gasteiger partial charge in [-0.2, -0.15) is 14.4 Å². The zero-order valence-corrected chi connectivity index (χ0v) is 22.9. The van der Waals surface area contributed by atoms with Gasteiger partial charge in [-0.1, -0.05) is 47.7 Å². The number of carbonyl (C=O) groups excluding carboxylic acids is 1. The normalized spacial score (nSPS) is 18.7. The van der Waals surface area contributed by atoms with Crippen LogP contribution in [0.4, 0.5) is 5.13 Å². The van der Waals surface area contributed by atoms with Crippen LogP contribution in [0.3, 0.4) is 0 Å². The summed E-state index contributed by atoms with van der Waals surface area (Å²) in [7, 11) is -3.72. The van der Waals surface area contributed by atoms with Crippen LogP contribution in [0.1, 0.15) is 35.3 Å². The van der Waals surface area contributed by atoms with Crippen LogP contribution in [0.2, 0.25) is 0 Å². The zero-order chi connectivity index (χ0) is 26.9. The average Bonchev–Trinajstić information content (AvgIpc) is 3.31. The number of ether oxygens (including phenoxy) is 1. The molecule has 0 radical (unpaired) electrons. The Morgan fingerprint density at radius 3 is 2.42 bits per heavy atom. The molecule has 38 heavy (non-hydrogen) atoms. The van der Waals surface area contributed by atoms with Crippen LogP contribution in [0.15, 0.2) is 82.8 Å². The van der Waals surface area contributed by atoms with E-state index in [9.17, 15) is 13.2 Å². The Morgan fingerprint density at radius 1 is 1.05 bits per heavy atom. The fourth-order valence-electron chi connectivity index (χ4n) is 4.33. The Morgan fingerprint density at radius 2 is 1.74 bits per heavy atom. The van der Waals surface area contributed by atoms with Crippen molar-refractivity contribution in [1.29, 1.82) is 0 Å². The van der Waals surface area contributed by atoms with Gasteiger partial charge in [0.05, 0.1) is 33.5 Å². The van der Waals surface area contributed by atoms with Crippen molar-refractivity contribution in [2.45, 2.75) is 37.9 Å². The fraction of sp³-hybridized carbons (Fsp3) is 0.250. The molecule has 196 valence electrons. The summed E-state index contributed by atoms with van der Waals surface area (Å²) in [5.41, 5.74) is 3.00. The molecule has 0 N–H and O–H groups in total. The molecule has 1 aliphatic rings. The number of hydrogen-bond acceptors (Lipinski definition) is 7. The monoisotopic (exact) mass is 548 g/mol. The first-order chi connectivity index (χ1) is 18.2. The number of carbonyl (C=O) groups is 1. The molecule has 3 aromatic carbocycles. The maximum Gasteiger partial charge on any atom is 0.280 e. The molecule has 0 saturated carbocycles. The van der Waals surface area contributed by atoms with Crippen molar-refractivity contribution in [3.8, 4) is 0 Å². The highest BCUT2D eigenvalue weighted by Crippen LogP contribution is 2.31. The smallest absolute Gasteiger partial charge is 0.280 e. The quantitative estimate of drug-likeness (QED) is 0.247. The molecule has 2 unspecified atom stereocenters. The van der Waals surface area contributed by atoms with E-state index < -0.39 is 15.9 Å². The van der Waals surface area contributed by atoms with Crippen molar-refractivity contribution in [3.63, 3.8) is 0 Å². The standard InChI is InChI=1S/C28H28N4O4S2/c1-19-9-14-25-26(15-19)37-28(30-25)32(29-16-22-7-5-4-6-8-22)27(33)23-10-12-24(13-11-23)38(34,35)31-17-20(2)36-21(3)18-31/h4-16,20-21H,17-18H2,1-3H3/b29-16+. The molecule has 0 aliphatic carbocycles. The highest BCUT2D eigenvalue weighted by atomic mass is 32.2. The summed E-state index contributed by atoms with van der Waals surface area (Å²) in [5, 5.41) is 6.18. The van der Waals surface area contributed by atoms with Crippen LogP contribution in [-0.4, -0.2) is 55.1 Å². The number of aryl methyl sites for hydroxylation is 1. The van der Waals surface area contributed by atoms with Crippen molar-refractivity contribution < 1.29 is 17.9 Å². The van der Waals surface area contributed by atoms with E-state index >= 15 is 0 Å². The summed E-state index contributed by atoms with van der Waals surface area (Å²) >= 11 is 1.37. The summed E-state index contributed by atoms with van der Waals surface area (Å²) in [4.78, 5) is 18.4. The Bertz CT molecular complexity index is 1570. The molecule has 2 atom stereocenters. The Labute approximate surface area is 226 Å². The van der Waals surface area contributed by atoms with Crippen molar-refractivity contribution in [1.82, 2.24) is 9.29 Å². The molecule has 0 spiro atoms. The lowest BCUT2D eigenvalue weighted by Crippen LogP contribution is -2.48. The van der Waals surface area contributed by atoms with E-state index in [2.05, 4.69) is 10.1 Å². The van der Waals surface area contributed by atoms with Crippen molar-refractivity contribution in [2.24, 2.45) is 5.10 Å². The van der Waals surface area contributed by atoms with Crippen LogP contribution >= 0.6 is 11.3 Å². The molecule has 4 aromatic rings. The van der Waals surface area contributed by atoms with E-state index in [1.165, 1.54) is 44.9 Å². The van der Waals surface area contributed by atoms with E-state index in [1.807, 2.05) is 69.3 Å². The molecule has 10 heteroatoms. The predicted octanol–water partition coefficient (Wildman–Crippen LogP) is 5.08. The number of aromatic nitrogens is 1. The van der Waals surface area contributed by atoms with Gasteiger partial charge in [-0.05, 0) is 68.3 Å². The second-order valence-electron chi connectivity index (χ2n) is 9.34. The summed E-state index contributed by atoms with van der Waals surface area (Å²) in [5.74, 6) is -0.412. The fourth-order valence-corrected chi connectivity index (χ4v) is 6.94. The first kappa shape index (κ1) is 26.2. The lowest BCUT2D eigenvalue weighted by atomic mass is 10.2. The highest BCUT2D eigenvalue weighted by Gasteiger charge is 2.32. The van der Waals surface area contributed by atoms with Crippen LogP contribution in [-0.2, 0) is 14.8 Å². The van der Waals surface area contributed by atoms with Gasteiger partial charge >= 0.3 is 0 Å². The zero-order valence-electron chi connectivity index (χ0n) is 21.3. The number of sulfonamides is 1. The molecule has 1 aliphatic heterocycles. The SMILES string of the molecule is Cc1ccc2nc(N(/N=C/c3ccccc3)C(=O)c3ccc(S(=O)(=O)N4CC(C)OC(C)C4)cc3)sc2c1. The third-order valence-electron chi connectivity index (χ3n) is 6.15. The summed E-state index contributed by atoms with van der Waals surface area (Å²) in [6.07, 6.45) is 1.22. The van der Waals surface area contributed by atoms with Crippen molar-refractivity contribution >= 4 is 48.8 Å². The van der Waals surface area contributed by atoms with Gasteiger partial charge in [-0.15, -0.1) is 0 Å². The maximum atomic E-state index is 13.7. The van der Waals surface area contributed by atoms with Gasteiger partial charge in [-0.3, -0.25) is 4.79 Å². The van der Waals surface area contributed by atoms with E-state index in [0.29, 0.717) is 10.7 Å². The number of hydrogen-bond donors (Lipinski definition) is 0. The Balaban J connectivity index is 1.46.